The molecule has 8 heteroatoms. The van der Waals surface area contributed by atoms with Gasteiger partial charge < -0.3 is 25.7 Å². The number of hydrogen-bond donors (Lipinski definition) is 4. The summed E-state index contributed by atoms with van der Waals surface area (Å²) in [7, 11) is 0. The second-order valence-electron chi connectivity index (χ2n) is 7.81. The van der Waals surface area contributed by atoms with E-state index in [1.807, 2.05) is 25.1 Å². The van der Waals surface area contributed by atoms with Gasteiger partial charge in [0.2, 0.25) is 5.91 Å². The van der Waals surface area contributed by atoms with E-state index >= 15 is 0 Å². The Labute approximate surface area is 202 Å². The molecule has 3 aromatic carbocycles. The van der Waals surface area contributed by atoms with Crippen LogP contribution in [0.2, 0.25) is 0 Å². The third kappa shape index (κ3) is 6.58. The number of carbonyl (C=O) groups is 3. The number of benzene rings is 3. The molecule has 0 saturated carbocycles. The summed E-state index contributed by atoms with van der Waals surface area (Å²) in [5, 5.41) is 11.4. The van der Waals surface area contributed by atoms with Gasteiger partial charge >= 0.3 is 0 Å². The molecule has 35 heavy (non-hydrogen) atoms. The predicted octanol–water partition coefficient (Wildman–Crippen LogP) is 5.14. The lowest BCUT2D eigenvalue weighted by Crippen LogP contribution is -2.22. The number of amides is 3. The van der Waals surface area contributed by atoms with E-state index < -0.39 is 0 Å². The third-order valence-corrected chi connectivity index (χ3v) is 5.03. The van der Waals surface area contributed by atoms with Crippen LogP contribution in [0.1, 0.15) is 26.5 Å². The van der Waals surface area contributed by atoms with Gasteiger partial charge in [0.05, 0.1) is 12.8 Å². The van der Waals surface area contributed by atoms with Crippen LogP contribution in [0.3, 0.4) is 0 Å². The largest absolute Gasteiger partial charge is 0.459 e. The van der Waals surface area contributed by atoms with Crippen LogP contribution < -0.4 is 21.3 Å². The zero-order valence-electron chi connectivity index (χ0n) is 19.0. The Hall–Kier alpha value is -4.85. The number of hydrogen-bond acceptors (Lipinski definition) is 5. The highest BCUT2D eigenvalue weighted by Gasteiger charge is 2.10. The molecule has 4 N–H and O–H groups in total. The van der Waals surface area contributed by atoms with Crippen LogP contribution in [0.25, 0.3) is 0 Å². The van der Waals surface area contributed by atoms with Crippen molar-refractivity contribution >= 4 is 40.5 Å². The standard InChI is InChI=1S/C27H24N4O4/c1-18-5-2-6-19(15-18)26(33)30-21-12-10-20(11-13-21)28-17-25(32)29-22-7-3-8-23(16-22)31-27(34)24-9-4-14-35-24/h2-16,28H,17H2,1H3,(H,29,32)(H,30,33)(H,31,34). The van der Waals surface area contributed by atoms with Crippen LogP contribution in [0.4, 0.5) is 22.7 Å². The minimum absolute atomic E-state index is 0.0397. The highest BCUT2D eigenvalue weighted by atomic mass is 16.3. The molecule has 0 unspecified atom stereocenters. The first-order valence-electron chi connectivity index (χ1n) is 10.9. The van der Waals surface area contributed by atoms with Gasteiger partial charge in [0.1, 0.15) is 0 Å². The minimum Gasteiger partial charge on any atom is -0.459 e. The summed E-state index contributed by atoms with van der Waals surface area (Å²) in [5.41, 5.74) is 4.06. The predicted molar refractivity (Wildman–Crippen MR) is 136 cm³/mol. The maximum atomic E-state index is 12.4. The van der Waals surface area contributed by atoms with Gasteiger partial charge in [0.25, 0.3) is 11.8 Å². The van der Waals surface area contributed by atoms with E-state index in [1.165, 1.54) is 6.26 Å². The molecule has 0 spiro atoms. The molecule has 8 nitrogen and oxygen atoms in total. The fraction of sp³-hybridized carbons (Fsp3) is 0.0741. The quantitative estimate of drug-likeness (QED) is 0.286. The highest BCUT2D eigenvalue weighted by Crippen LogP contribution is 2.17. The van der Waals surface area contributed by atoms with E-state index in [2.05, 4.69) is 21.3 Å². The van der Waals surface area contributed by atoms with E-state index in [4.69, 9.17) is 4.42 Å². The Morgan fingerprint density at radius 1 is 0.686 bits per heavy atom. The van der Waals surface area contributed by atoms with Gasteiger partial charge in [0.15, 0.2) is 5.76 Å². The van der Waals surface area contributed by atoms with E-state index in [9.17, 15) is 14.4 Å². The molecule has 4 aromatic rings. The third-order valence-electron chi connectivity index (χ3n) is 5.03. The second-order valence-corrected chi connectivity index (χ2v) is 7.81. The van der Waals surface area contributed by atoms with E-state index in [0.717, 1.165) is 11.3 Å². The summed E-state index contributed by atoms with van der Waals surface area (Å²) < 4.78 is 5.08. The molecule has 4 rings (SSSR count). The zero-order chi connectivity index (χ0) is 24.6. The van der Waals surface area contributed by atoms with Crippen molar-refractivity contribution in [3.05, 3.63) is 108 Å². The van der Waals surface area contributed by atoms with Crippen molar-refractivity contribution in [3.63, 3.8) is 0 Å². The molecule has 0 aliphatic carbocycles. The fourth-order valence-electron chi connectivity index (χ4n) is 3.32. The lowest BCUT2D eigenvalue weighted by molar-refractivity contribution is -0.114. The molecule has 0 bridgehead atoms. The Kier molecular flexibility index (Phi) is 7.22. The van der Waals surface area contributed by atoms with Gasteiger partial charge in [0, 0.05) is 28.3 Å². The van der Waals surface area contributed by atoms with E-state index in [0.29, 0.717) is 22.6 Å². The molecule has 3 amide bonds. The first kappa shape index (κ1) is 23.3. The van der Waals surface area contributed by atoms with Gasteiger partial charge in [-0.25, -0.2) is 0 Å². The number of furan rings is 1. The number of carbonyl (C=O) groups excluding carboxylic acids is 3. The van der Waals surface area contributed by atoms with Crippen molar-refractivity contribution in [1.82, 2.24) is 0 Å². The van der Waals surface area contributed by atoms with Crippen molar-refractivity contribution < 1.29 is 18.8 Å². The summed E-state index contributed by atoms with van der Waals surface area (Å²) >= 11 is 0. The van der Waals surface area contributed by atoms with Crippen LogP contribution in [-0.4, -0.2) is 24.3 Å². The molecular formula is C27H24N4O4. The van der Waals surface area contributed by atoms with Crippen LogP contribution in [0.5, 0.6) is 0 Å². The summed E-state index contributed by atoms with van der Waals surface area (Å²) in [5.74, 6) is -0.615. The van der Waals surface area contributed by atoms with Crippen LogP contribution in [0, 0.1) is 6.92 Å². The summed E-state index contributed by atoms with van der Waals surface area (Å²) in [6.07, 6.45) is 1.42. The first-order valence-corrected chi connectivity index (χ1v) is 10.9. The van der Waals surface area contributed by atoms with Crippen LogP contribution in [-0.2, 0) is 4.79 Å². The number of aryl methyl sites for hydroxylation is 1. The van der Waals surface area contributed by atoms with Crippen molar-refractivity contribution in [1.29, 1.82) is 0 Å². The maximum absolute atomic E-state index is 12.4. The smallest absolute Gasteiger partial charge is 0.291 e. The van der Waals surface area contributed by atoms with Crippen LogP contribution in [0.15, 0.2) is 95.6 Å². The van der Waals surface area contributed by atoms with Gasteiger partial charge in [-0.1, -0.05) is 23.8 Å². The topological polar surface area (TPSA) is 112 Å². The average Bonchev–Trinajstić information content (AvgIpc) is 3.39. The Morgan fingerprint density at radius 3 is 2.09 bits per heavy atom. The van der Waals surface area contributed by atoms with Crippen molar-refractivity contribution in [2.75, 3.05) is 27.8 Å². The summed E-state index contributed by atoms with van der Waals surface area (Å²) in [6.45, 7) is 1.97. The van der Waals surface area contributed by atoms with Gasteiger partial charge in [-0.3, -0.25) is 14.4 Å². The van der Waals surface area contributed by atoms with Crippen molar-refractivity contribution in [2.45, 2.75) is 6.92 Å². The Morgan fingerprint density at radius 2 is 1.37 bits per heavy atom. The monoisotopic (exact) mass is 468 g/mol. The molecular weight excluding hydrogens is 444 g/mol. The lowest BCUT2D eigenvalue weighted by Gasteiger charge is -2.10. The normalized spacial score (nSPS) is 10.3. The fourth-order valence-corrected chi connectivity index (χ4v) is 3.32. The van der Waals surface area contributed by atoms with E-state index in [-0.39, 0.29) is 30.0 Å². The molecule has 0 aliphatic rings. The molecule has 1 heterocycles. The Bertz CT molecular complexity index is 1330. The molecule has 1 aromatic heterocycles. The minimum atomic E-state index is -0.376. The van der Waals surface area contributed by atoms with Gasteiger partial charge in [-0.05, 0) is 73.7 Å². The summed E-state index contributed by atoms with van der Waals surface area (Å²) in [6, 6.07) is 24.5. The first-order chi connectivity index (χ1) is 17.0. The molecule has 0 saturated heterocycles. The van der Waals surface area contributed by atoms with Gasteiger partial charge in [-0.15, -0.1) is 0 Å². The molecule has 0 radical (unpaired) electrons. The Balaban J connectivity index is 1.26. The van der Waals surface area contributed by atoms with E-state index in [1.54, 1.807) is 66.7 Å². The molecule has 0 fully saturated rings. The number of nitrogens with one attached hydrogen (secondary N) is 4. The second kappa shape index (κ2) is 10.8. The SMILES string of the molecule is Cc1cccc(C(=O)Nc2ccc(NCC(=O)Nc3cccc(NC(=O)c4ccco4)c3)cc2)c1. The van der Waals surface area contributed by atoms with Crippen LogP contribution >= 0.6 is 0 Å². The zero-order valence-corrected chi connectivity index (χ0v) is 19.0. The van der Waals surface area contributed by atoms with Crippen molar-refractivity contribution in [2.24, 2.45) is 0 Å². The number of rotatable bonds is 8. The number of anilines is 4. The maximum Gasteiger partial charge on any atom is 0.291 e. The summed E-state index contributed by atoms with van der Waals surface area (Å²) in [4.78, 5) is 36.9. The molecule has 0 aliphatic heterocycles. The van der Waals surface area contributed by atoms with Crippen molar-refractivity contribution in [3.8, 4) is 0 Å². The molecule has 176 valence electrons. The van der Waals surface area contributed by atoms with Gasteiger partial charge in [-0.2, -0.15) is 0 Å². The lowest BCUT2D eigenvalue weighted by atomic mass is 10.1. The molecule has 0 atom stereocenters. The average molecular weight is 469 g/mol. The highest BCUT2D eigenvalue weighted by molar-refractivity contribution is 6.04.